The summed E-state index contributed by atoms with van der Waals surface area (Å²) in [7, 11) is 1.52. The summed E-state index contributed by atoms with van der Waals surface area (Å²) in [6.07, 6.45) is 0.468. The number of rotatable bonds is 11. The first-order chi connectivity index (χ1) is 14.2. The summed E-state index contributed by atoms with van der Waals surface area (Å²) in [6, 6.07) is 19.9. The van der Waals surface area contributed by atoms with Crippen molar-refractivity contribution in [3.05, 3.63) is 84.4 Å². The van der Waals surface area contributed by atoms with E-state index in [-0.39, 0.29) is 6.10 Å². The van der Waals surface area contributed by atoms with Crippen LogP contribution < -0.4 is 0 Å². The zero-order chi connectivity index (χ0) is 20.5. The molecule has 5 atom stereocenters. The second-order valence-corrected chi connectivity index (χ2v) is 7.16. The monoisotopic (exact) mass is 398 g/mol. The van der Waals surface area contributed by atoms with Gasteiger partial charge < -0.3 is 24.1 Å². The molecule has 1 saturated heterocycles. The van der Waals surface area contributed by atoms with E-state index >= 15 is 0 Å². The number of aliphatic hydroxyl groups excluding tert-OH is 1. The third-order valence-corrected chi connectivity index (χ3v) is 5.08. The largest absolute Gasteiger partial charge is 0.385 e. The maximum Gasteiger partial charge on any atom is 0.186 e. The lowest BCUT2D eigenvalue weighted by Crippen LogP contribution is -2.42. The molecule has 156 valence electrons. The van der Waals surface area contributed by atoms with Gasteiger partial charge in [-0.3, -0.25) is 0 Å². The van der Waals surface area contributed by atoms with Crippen LogP contribution in [0.15, 0.2) is 73.3 Å². The molecule has 0 bridgehead atoms. The van der Waals surface area contributed by atoms with Crippen LogP contribution in [0.1, 0.15) is 24.0 Å². The van der Waals surface area contributed by atoms with Gasteiger partial charge in [-0.05, 0) is 24.0 Å². The molecule has 0 saturated carbocycles. The number of allylic oxidation sites excluding steroid dienone is 1. The molecule has 1 fully saturated rings. The highest BCUT2D eigenvalue weighted by atomic mass is 16.7. The molecule has 0 amide bonds. The van der Waals surface area contributed by atoms with Crippen molar-refractivity contribution in [2.45, 2.75) is 56.8 Å². The van der Waals surface area contributed by atoms with Crippen molar-refractivity contribution in [1.29, 1.82) is 0 Å². The van der Waals surface area contributed by atoms with Crippen molar-refractivity contribution in [3.8, 4) is 0 Å². The van der Waals surface area contributed by atoms with Crippen molar-refractivity contribution in [1.82, 2.24) is 0 Å². The Kier molecular flexibility index (Phi) is 8.40. The maximum atomic E-state index is 10.7. The van der Waals surface area contributed by atoms with Gasteiger partial charge in [0.1, 0.15) is 18.3 Å². The fraction of sp³-hybridized carbons (Fsp3) is 0.417. The Morgan fingerprint density at radius 2 is 1.66 bits per heavy atom. The van der Waals surface area contributed by atoms with E-state index in [1.807, 2.05) is 66.7 Å². The average Bonchev–Trinajstić information content (AvgIpc) is 3.09. The molecule has 1 N–H and O–H groups in total. The minimum absolute atomic E-state index is 0.260. The molecule has 3 rings (SSSR count). The van der Waals surface area contributed by atoms with Gasteiger partial charge in [0.05, 0.1) is 19.3 Å². The van der Waals surface area contributed by atoms with Crippen molar-refractivity contribution in [2.24, 2.45) is 0 Å². The predicted molar refractivity (Wildman–Crippen MR) is 111 cm³/mol. The molecule has 1 heterocycles. The van der Waals surface area contributed by atoms with Crippen molar-refractivity contribution in [3.63, 3.8) is 0 Å². The van der Waals surface area contributed by atoms with E-state index in [9.17, 15) is 5.11 Å². The first-order valence-electron chi connectivity index (χ1n) is 10.0. The number of ether oxygens (including phenoxy) is 4. The van der Waals surface area contributed by atoms with Crippen LogP contribution in [0.3, 0.4) is 0 Å². The third kappa shape index (κ3) is 5.98. The molecule has 1 aliphatic rings. The van der Waals surface area contributed by atoms with Crippen LogP contribution in [0.4, 0.5) is 0 Å². The lowest BCUT2D eigenvalue weighted by Gasteiger charge is -2.28. The molecule has 2 aromatic carbocycles. The third-order valence-electron chi connectivity index (χ3n) is 5.08. The maximum absolute atomic E-state index is 10.7. The van der Waals surface area contributed by atoms with Crippen LogP contribution in [0, 0.1) is 0 Å². The summed E-state index contributed by atoms with van der Waals surface area (Å²) >= 11 is 0. The van der Waals surface area contributed by atoms with Crippen LogP contribution in [-0.2, 0) is 32.2 Å². The molecule has 2 aromatic rings. The summed E-state index contributed by atoms with van der Waals surface area (Å²) in [5, 5.41) is 10.7. The standard InChI is InChI=1S/C24H30O5/c1-3-4-15-20(27-16-18-11-7-5-8-12-18)22-23(21(25)24(26-2)29-22)28-17-19-13-9-6-10-14-19/h3,5-14,20-25H,1,4,15-17H2,2H3/t20-,21-,22-,23-,24?/m1/s1. The van der Waals surface area contributed by atoms with Gasteiger partial charge >= 0.3 is 0 Å². The fourth-order valence-corrected chi connectivity index (χ4v) is 3.52. The van der Waals surface area contributed by atoms with Crippen molar-refractivity contribution in [2.75, 3.05) is 7.11 Å². The minimum Gasteiger partial charge on any atom is -0.385 e. The second kappa shape index (κ2) is 11.2. The Labute approximate surface area is 172 Å². The molecular weight excluding hydrogens is 368 g/mol. The van der Waals surface area contributed by atoms with Gasteiger partial charge in [-0.1, -0.05) is 66.7 Å². The number of aliphatic hydroxyl groups is 1. The first kappa shape index (κ1) is 21.7. The van der Waals surface area contributed by atoms with E-state index in [2.05, 4.69) is 6.58 Å². The summed E-state index contributed by atoms with van der Waals surface area (Å²) in [6.45, 7) is 4.66. The smallest absolute Gasteiger partial charge is 0.186 e. The summed E-state index contributed by atoms with van der Waals surface area (Å²) in [4.78, 5) is 0. The highest BCUT2D eigenvalue weighted by Gasteiger charge is 2.48. The molecule has 29 heavy (non-hydrogen) atoms. The number of methoxy groups -OCH3 is 1. The number of hydrogen-bond acceptors (Lipinski definition) is 5. The summed E-state index contributed by atoms with van der Waals surface area (Å²) < 4.78 is 23.7. The van der Waals surface area contributed by atoms with Gasteiger partial charge in [0.25, 0.3) is 0 Å². The van der Waals surface area contributed by atoms with Crippen LogP contribution in [0.5, 0.6) is 0 Å². The summed E-state index contributed by atoms with van der Waals surface area (Å²) in [5.41, 5.74) is 2.12. The lowest BCUT2D eigenvalue weighted by atomic mass is 10.0. The highest BCUT2D eigenvalue weighted by molar-refractivity contribution is 5.14. The van der Waals surface area contributed by atoms with Crippen LogP contribution in [-0.4, -0.2) is 42.9 Å². The van der Waals surface area contributed by atoms with Crippen molar-refractivity contribution >= 4 is 0 Å². The molecule has 5 nitrogen and oxygen atoms in total. The Morgan fingerprint density at radius 1 is 1.03 bits per heavy atom. The van der Waals surface area contributed by atoms with Gasteiger partial charge in [-0.2, -0.15) is 0 Å². The van der Waals surface area contributed by atoms with Crippen LogP contribution in [0.2, 0.25) is 0 Å². The SMILES string of the molecule is C=CCC[C@@H](OCc1ccccc1)[C@H]1OC(OC)[C@H](O)[C@H]1OCc1ccccc1. The Hall–Kier alpha value is -2.02. The number of hydrogen-bond donors (Lipinski definition) is 1. The molecule has 1 unspecified atom stereocenters. The summed E-state index contributed by atoms with van der Waals surface area (Å²) in [5.74, 6) is 0. The second-order valence-electron chi connectivity index (χ2n) is 7.16. The highest BCUT2D eigenvalue weighted by Crippen LogP contribution is 2.31. The molecule has 0 aliphatic carbocycles. The van der Waals surface area contributed by atoms with Gasteiger partial charge in [-0.25, -0.2) is 0 Å². The van der Waals surface area contributed by atoms with Gasteiger partial charge in [0.2, 0.25) is 0 Å². The number of benzene rings is 2. The zero-order valence-corrected chi connectivity index (χ0v) is 16.9. The van der Waals surface area contributed by atoms with E-state index in [1.54, 1.807) is 0 Å². The molecule has 1 aliphatic heterocycles. The van der Waals surface area contributed by atoms with E-state index in [4.69, 9.17) is 18.9 Å². The van der Waals surface area contributed by atoms with Gasteiger partial charge in [0, 0.05) is 7.11 Å². The van der Waals surface area contributed by atoms with E-state index < -0.39 is 24.6 Å². The normalized spacial score (nSPS) is 25.0. The Bertz CT molecular complexity index is 721. The molecule has 0 aromatic heterocycles. The molecular formula is C24H30O5. The Morgan fingerprint density at radius 3 is 2.24 bits per heavy atom. The Balaban J connectivity index is 1.71. The van der Waals surface area contributed by atoms with E-state index in [0.717, 1.165) is 24.0 Å². The molecule has 0 spiro atoms. The van der Waals surface area contributed by atoms with Crippen molar-refractivity contribution < 1.29 is 24.1 Å². The van der Waals surface area contributed by atoms with Gasteiger partial charge in [0.15, 0.2) is 6.29 Å². The van der Waals surface area contributed by atoms with Crippen LogP contribution >= 0.6 is 0 Å². The van der Waals surface area contributed by atoms with E-state index in [0.29, 0.717) is 13.2 Å². The lowest BCUT2D eigenvalue weighted by molar-refractivity contribution is -0.173. The zero-order valence-electron chi connectivity index (χ0n) is 16.9. The van der Waals surface area contributed by atoms with Crippen LogP contribution in [0.25, 0.3) is 0 Å². The minimum atomic E-state index is -0.889. The molecule has 5 heteroatoms. The predicted octanol–water partition coefficient (Wildman–Crippen LogP) is 3.86. The quantitative estimate of drug-likeness (QED) is 0.583. The first-order valence-corrected chi connectivity index (χ1v) is 10.0. The molecule has 0 radical (unpaired) electrons. The average molecular weight is 398 g/mol. The van der Waals surface area contributed by atoms with Gasteiger partial charge in [-0.15, -0.1) is 6.58 Å². The van der Waals surface area contributed by atoms with E-state index in [1.165, 1.54) is 7.11 Å². The fourth-order valence-electron chi connectivity index (χ4n) is 3.52. The topological polar surface area (TPSA) is 57.2 Å².